The molecule has 1 aromatic carbocycles. The third-order valence-corrected chi connectivity index (χ3v) is 5.94. The Morgan fingerprint density at radius 1 is 1.23 bits per heavy atom. The van der Waals surface area contributed by atoms with Gasteiger partial charge in [-0.05, 0) is 44.7 Å². The van der Waals surface area contributed by atoms with E-state index in [0.29, 0.717) is 19.5 Å². The van der Waals surface area contributed by atoms with Crippen molar-refractivity contribution in [1.82, 2.24) is 15.1 Å². The summed E-state index contributed by atoms with van der Waals surface area (Å²) in [6.07, 6.45) is 1.53. The summed E-state index contributed by atoms with van der Waals surface area (Å²) in [5, 5.41) is 12.3. The summed E-state index contributed by atoms with van der Waals surface area (Å²) in [6, 6.07) is 8.35. The highest BCUT2D eigenvalue weighted by molar-refractivity contribution is 5.79. The van der Waals surface area contributed by atoms with Gasteiger partial charge in [0.1, 0.15) is 0 Å². The van der Waals surface area contributed by atoms with Crippen molar-refractivity contribution in [2.75, 3.05) is 26.2 Å². The summed E-state index contributed by atoms with van der Waals surface area (Å²) in [7, 11) is 0. The molecule has 2 heterocycles. The van der Waals surface area contributed by atoms with E-state index in [-0.39, 0.29) is 18.1 Å². The van der Waals surface area contributed by atoms with Crippen LogP contribution >= 0.6 is 0 Å². The minimum atomic E-state index is -0.833. The smallest absolute Gasteiger partial charge is 0.317 e. The van der Waals surface area contributed by atoms with Gasteiger partial charge in [0, 0.05) is 38.3 Å². The number of urea groups is 1. The summed E-state index contributed by atoms with van der Waals surface area (Å²) >= 11 is 0. The standard InChI is InChI=1S/C20H29N3O3/c1-19(2,23-10-8-15-6-4-5-7-16(15)12-23)13-21-18(26)22-11-9-20(3,14-22)17(24)25/h4-7H,8-14H2,1-3H3,(H,21,26)(H,24,25). The molecular weight excluding hydrogens is 330 g/mol. The second-order valence-electron chi connectivity index (χ2n) is 8.45. The number of likely N-dealkylation sites (tertiary alicyclic amines) is 1. The van der Waals surface area contributed by atoms with E-state index in [1.165, 1.54) is 11.1 Å². The van der Waals surface area contributed by atoms with Gasteiger partial charge in [-0.2, -0.15) is 0 Å². The zero-order valence-electron chi connectivity index (χ0n) is 15.9. The van der Waals surface area contributed by atoms with Gasteiger partial charge in [-0.15, -0.1) is 0 Å². The Hall–Kier alpha value is -2.08. The summed E-state index contributed by atoms with van der Waals surface area (Å²) < 4.78 is 0. The fraction of sp³-hybridized carbons (Fsp3) is 0.600. The number of carboxylic acid groups (broad SMARTS) is 1. The summed E-state index contributed by atoms with van der Waals surface area (Å²) in [5.74, 6) is -0.833. The molecule has 3 rings (SSSR count). The summed E-state index contributed by atoms with van der Waals surface area (Å²) in [4.78, 5) is 27.9. The molecule has 1 unspecified atom stereocenters. The molecule has 2 aliphatic rings. The maximum Gasteiger partial charge on any atom is 0.317 e. The number of hydrogen-bond donors (Lipinski definition) is 2. The first kappa shape index (κ1) is 18.7. The fourth-order valence-corrected chi connectivity index (χ4v) is 3.84. The molecule has 0 radical (unpaired) electrons. The minimum absolute atomic E-state index is 0.166. The average molecular weight is 359 g/mol. The number of amides is 2. The van der Waals surface area contributed by atoms with Crippen molar-refractivity contribution >= 4 is 12.0 Å². The second-order valence-corrected chi connectivity index (χ2v) is 8.45. The SMILES string of the molecule is CC1(C(=O)O)CCN(C(=O)NCC(C)(C)N2CCc3ccccc3C2)C1. The van der Waals surface area contributed by atoms with Gasteiger partial charge in [-0.25, -0.2) is 4.79 Å². The molecule has 26 heavy (non-hydrogen) atoms. The van der Waals surface area contributed by atoms with Crippen molar-refractivity contribution < 1.29 is 14.7 Å². The van der Waals surface area contributed by atoms with Crippen LogP contribution in [0.3, 0.4) is 0 Å². The number of nitrogens with one attached hydrogen (secondary N) is 1. The quantitative estimate of drug-likeness (QED) is 0.865. The lowest BCUT2D eigenvalue weighted by atomic mass is 9.90. The van der Waals surface area contributed by atoms with Crippen molar-refractivity contribution in [3.05, 3.63) is 35.4 Å². The monoisotopic (exact) mass is 359 g/mol. The minimum Gasteiger partial charge on any atom is -0.481 e. The Kier molecular flexibility index (Phi) is 4.97. The van der Waals surface area contributed by atoms with Crippen LogP contribution in [0.15, 0.2) is 24.3 Å². The van der Waals surface area contributed by atoms with Gasteiger partial charge in [-0.3, -0.25) is 9.69 Å². The molecule has 0 aliphatic carbocycles. The van der Waals surface area contributed by atoms with E-state index in [9.17, 15) is 14.7 Å². The normalized spacial score (nSPS) is 23.6. The van der Waals surface area contributed by atoms with Crippen molar-refractivity contribution in [3.63, 3.8) is 0 Å². The van der Waals surface area contributed by atoms with Crippen molar-refractivity contribution in [2.24, 2.45) is 5.41 Å². The molecule has 2 amide bonds. The van der Waals surface area contributed by atoms with E-state index in [1.54, 1.807) is 11.8 Å². The lowest BCUT2D eigenvalue weighted by molar-refractivity contribution is -0.147. The van der Waals surface area contributed by atoms with Gasteiger partial charge in [0.25, 0.3) is 0 Å². The van der Waals surface area contributed by atoms with Crippen LogP contribution in [0.5, 0.6) is 0 Å². The van der Waals surface area contributed by atoms with Gasteiger partial charge < -0.3 is 15.3 Å². The predicted octanol–water partition coefficient (Wildman–Crippen LogP) is 2.33. The zero-order chi connectivity index (χ0) is 18.9. The molecule has 6 nitrogen and oxygen atoms in total. The third kappa shape index (κ3) is 3.70. The van der Waals surface area contributed by atoms with Gasteiger partial charge >= 0.3 is 12.0 Å². The Bertz CT molecular complexity index is 703. The van der Waals surface area contributed by atoms with Crippen LogP contribution < -0.4 is 5.32 Å². The van der Waals surface area contributed by atoms with Crippen molar-refractivity contribution in [2.45, 2.75) is 45.7 Å². The van der Waals surface area contributed by atoms with Crippen LogP contribution in [0.4, 0.5) is 4.79 Å². The summed E-state index contributed by atoms with van der Waals surface area (Å²) in [5.41, 5.74) is 1.77. The zero-order valence-corrected chi connectivity index (χ0v) is 15.9. The highest BCUT2D eigenvalue weighted by Gasteiger charge is 2.42. The largest absolute Gasteiger partial charge is 0.481 e. The van der Waals surface area contributed by atoms with Crippen LogP contribution in [-0.4, -0.2) is 58.6 Å². The number of rotatable bonds is 4. The maximum atomic E-state index is 12.5. The molecule has 1 saturated heterocycles. The number of carbonyl (C=O) groups is 2. The molecule has 1 fully saturated rings. The Morgan fingerprint density at radius 3 is 2.58 bits per heavy atom. The van der Waals surface area contributed by atoms with E-state index in [1.807, 2.05) is 0 Å². The van der Waals surface area contributed by atoms with E-state index < -0.39 is 11.4 Å². The van der Waals surface area contributed by atoms with Gasteiger partial charge in [0.05, 0.1) is 5.41 Å². The highest BCUT2D eigenvalue weighted by Crippen LogP contribution is 2.30. The highest BCUT2D eigenvalue weighted by atomic mass is 16.4. The van der Waals surface area contributed by atoms with Crippen molar-refractivity contribution in [3.8, 4) is 0 Å². The molecule has 0 aromatic heterocycles. The molecule has 0 saturated carbocycles. The number of aliphatic carboxylic acids is 1. The van der Waals surface area contributed by atoms with E-state index in [4.69, 9.17) is 0 Å². The number of carbonyl (C=O) groups excluding carboxylic acids is 1. The lowest BCUT2D eigenvalue weighted by Gasteiger charge is -2.42. The number of benzene rings is 1. The van der Waals surface area contributed by atoms with Crippen LogP contribution in [-0.2, 0) is 17.8 Å². The maximum absolute atomic E-state index is 12.5. The average Bonchev–Trinajstić information content (AvgIpc) is 3.03. The van der Waals surface area contributed by atoms with Crippen molar-refractivity contribution in [1.29, 1.82) is 0 Å². The first-order valence-electron chi connectivity index (χ1n) is 9.29. The van der Waals surface area contributed by atoms with Gasteiger partial charge in [-0.1, -0.05) is 24.3 Å². The van der Waals surface area contributed by atoms with E-state index in [0.717, 1.165) is 19.5 Å². The van der Waals surface area contributed by atoms with E-state index >= 15 is 0 Å². The second kappa shape index (κ2) is 6.91. The van der Waals surface area contributed by atoms with Crippen LogP contribution in [0, 0.1) is 5.41 Å². The first-order chi connectivity index (χ1) is 12.2. The fourth-order valence-electron chi connectivity index (χ4n) is 3.84. The molecule has 0 bridgehead atoms. The number of fused-ring (bicyclic) bond motifs is 1. The van der Waals surface area contributed by atoms with Crippen LogP contribution in [0.1, 0.15) is 38.3 Å². The lowest BCUT2D eigenvalue weighted by Crippen LogP contribution is -2.54. The Morgan fingerprint density at radius 2 is 1.92 bits per heavy atom. The molecule has 1 aromatic rings. The predicted molar refractivity (Wildman–Crippen MR) is 100.0 cm³/mol. The van der Waals surface area contributed by atoms with Gasteiger partial charge in [0.2, 0.25) is 0 Å². The topological polar surface area (TPSA) is 72.9 Å². The number of nitrogens with zero attached hydrogens (tertiary/aromatic N) is 2. The van der Waals surface area contributed by atoms with E-state index in [2.05, 4.69) is 48.3 Å². The molecule has 2 aliphatic heterocycles. The van der Waals surface area contributed by atoms with Gasteiger partial charge in [0.15, 0.2) is 0 Å². The molecule has 142 valence electrons. The Labute approximate surface area is 155 Å². The first-order valence-corrected chi connectivity index (χ1v) is 9.29. The molecule has 0 spiro atoms. The third-order valence-electron chi connectivity index (χ3n) is 5.94. The number of hydrogen-bond acceptors (Lipinski definition) is 3. The van der Waals surface area contributed by atoms with Crippen LogP contribution in [0.2, 0.25) is 0 Å². The Balaban J connectivity index is 1.56. The molecule has 1 atom stereocenters. The summed E-state index contributed by atoms with van der Waals surface area (Å²) in [6.45, 7) is 9.16. The molecule has 2 N–H and O–H groups in total. The molecular formula is C20H29N3O3. The van der Waals surface area contributed by atoms with Crippen LogP contribution in [0.25, 0.3) is 0 Å². The molecule has 6 heteroatoms. The number of carboxylic acids is 1.